The number of hydrogen-bond donors (Lipinski definition) is 0. The van der Waals surface area contributed by atoms with Crippen molar-refractivity contribution in [1.82, 2.24) is 14.7 Å². The minimum absolute atomic E-state index is 0.0763. The second kappa shape index (κ2) is 6.23. The van der Waals surface area contributed by atoms with E-state index in [0.29, 0.717) is 26.2 Å². The van der Waals surface area contributed by atoms with Gasteiger partial charge < -0.3 is 14.7 Å². The Morgan fingerprint density at radius 2 is 1.65 bits per heavy atom. The Labute approximate surface area is 133 Å². The average Bonchev–Trinajstić information content (AvgIpc) is 2.49. The Kier molecular flexibility index (Phi) is 4.30. The number of nitrogens with zero attached hydrogens (tertiary/aromatic N) is 3. The van der Waals surface area contributed by atoms with Crippen molar-refractivity contribution in [2.75, 3.05) is 46.3 Å². The first-order valence-electron chi connectivity index (χ1n) is 7.67. The summed E-state index contributed by atoms with van der Waals surface area (Å²) in [6, 6.07) is 3.10. The maximum Gasteiger partial charge on any atom is 0.254 e. The molecule has 0 saturated carbocycles. The Morgan fingerprint density at radius 3 is 2.26 bits per heavy atom. The van der Waals surface area contributed by atoms with Crippen LogP contribution >= 0.6 is 0 Å². The second-order valence-electron chi connectivity index (χ2n) is 6.16. The lowest BCUT2D eigenvalue weighted by molar-refractivity contribution is -0.141. The number of carbonyl (C=O) groups excluding carboxylic acids is 2. The van der Waals surface area contributed by atoms with E-state index in [2.05, 4.69) is 4.90 Å². The molecule has 0 radical (unpaired) electrons. The fourth-order valence-electron chi connectivity index (χ4n) is 2.90. The largest absolute Gasteiger partial charge is 0.340 e. The van der Waals surface area contributed by atoms with Gasteiger partial charge in [-0.1, -0.05) is 0 Å². The van der Waals surface area contributed by atoms with E-state index in [-0.39, 0.29) is 23.3 Å². The van der Waals surface area contributed by atoms with E-state index < -0.39 is 11.6 Å². The fraction of sp³-hybridized carbons (Fsp3) is 0.500. The van der Waals surface area contributed by atoms with Crippen LogP contribution in [0.3, 0.4) is 0 Å². The van der Waals surface area contributed by atoms with Gasteiger partial charge in [0.1, 0.15) is 0 Å². The van der Waals surface area contributed by atoms with Crippen molar-refractivity contribution in [1.29, 1.82) is 0 Å². The molecule has 124 valence electrons. The monoisotopic (exact) mass is 323 g/mol. The van der Waals surface area contributed by atoms with Gasteiger partial charge in [0, 0.05) is 44.8 Å². The first-order chi connectivity index (χ1) is 11.0. The fourth-order valence-corrected chi connectivity index (χ4v) is 2.90. The molecule has 0 atom stereocenters. The van der Waals surface area contributed by atoms with Gasteiger partial charge in [0.2, 0.25) is 5.91 Å². The van der Waals surface area contributed by atoms with Crippen molar-refractivity contribution in [3.8, 4) is 0 Å². The van der Waals surface area contributed by atoms with Crippen LogP contribution in [0.2, 0.25) is 0 Å². The number of hydrogen-bond acceptors (Lipinski definition) is 3. The van der Waals surface area contributed by atoms with E-state index >= 15 is 0 Å². The molecule has 2 heterocycles. The highest BCUT2D eigenvalue weighted by atomic mass is 19.2. The van der Waals surface area contributed by atoms with E-state index in [1.165, 1.54) is 11.0 Å². The summed E-state index contributed by atoms with van der Waals surface area (Å²) in [6.07, 6.45) is 0. The molecule has 3 rings (SSSR count). The molecule has 0 bridgehead atoms. The van der Waals surface area contributed by atoms with Crippen LogP contribution in [0, 0.1) is 17.6 Å². The van der Waals surface area contributed by atoms with Crippen molar-refractivity contribution in [2.45, 2.75) is 0 Å². The first-order valence-corrected chi connectivity index (χ1v) is 7.67. The Balaban J connectivity index is 1.55. The highest BCUT2D eigenvalue weighted by Gasteiger charge is 2.38. The molecule has 23 heavy (non-hydrogen) atoms. The molecule has 7 heteroatoms. The summed E-state index contributed by atoms with van der Waals surface area (Å²) in [5, 5.41) is 0. The van der Waals surface area contributed by atoms with Gasteiger partial charge in [0.15, 0.2) is 11.6 Å². The van der Waals surface area contributed by atoms with Crippen LogP contribution in [0.5, 0.6) is 0 Å². The minimum Gasteiger partial charge on any atom is -0.340 e. The predicted molar refractivity (Wildman–Crippen MR) is 79.8 cm³/mol. The van der Waals surface area contributed by atoms with Gasteiger partial charge in [-0.25, -0.2) is 8.78 Å². The quantitative estimate of drug-likeness (QED) is 0.809. The lowest BCUT2D eigenvalue weighted by Crippen LogP contribution is -2.58. The lowest BCUT2D eigenvalue weighted by Gasteiger charge is -2.42. The third-order valence-corrected chi connectivity index (χ3v) is 4.50. The van der Waals surface area contributed by atoms with Gasteiger partial charge in [0.25, 0.3) is 5.91 Å². The molecular formula is C16H19F2N3O2. The van der Waals surface area contributed by atoms with Crippen LogP contribution in [-0.2, 0) is 4.79 Å². The maximum atomic E-state index is 13.2. The summed E-state index contributed by atoms with van der Waals surface area (Å²) in [5.41, 5.74) is 0.106. The third-order valence-electron chi connectivity index (χ3n) is 4.50. The Morgan fingerprint density at radius 1 is 1.00 bits per heavy atom. The molecule has 2 aliphatic heterocycles. The maximum absolute atomic E-state index is 13.2. The Hall–Kier alpha value is -2.02. The van der Waals surface area contributed by atoms with Crippen LogP contribution in [0.15, 0.2) is 18.2 Å². The smallest absolute Gasteiger partial charge is 0.254 e. The normalized spacial score (nSPS) is 19.6. The van der Waals surface area contributed by atoms with Gasteiger partial charge >= 0.3 is 0 Å². The van der Waals surface area contributed by atoms with Crippen LogP contribution in [-0.4, -0.2) is 72.8 Å². The van der Waals surface area contributed by atoms with Crippen LogP contribution in [0.4, 0.5) is 8.78 Å². The molecule has 0 unspecified atom stereocenters. The third kappa shape index (κ3) is 3.19. The summed E-state index contributed by atoms with van der Waals surface area (Å²) in [5.74, 6) is -2.50. The number of carbonyl (C=O) groups is 2. The van der Waals surface area contributed by atoms with Gasteiger partial charge in [-0.3, -0.25) is 9.59 Å². The van der Waals surface area contributed by atoms with E-state index in [1.54, 1.807) is 0 Å². The van der Waals surface area contributed by atoms with Crippen LogP contribution in [0.1, 0.15) is 10.4 Å². The number of likely N-dealkylation sites (N-methyl/N-ethyl adjacent to an activating group) is 1. The molecule has 2 saturated heterocycles. The number of piperazine rings is 1. The molecule has 2 aliphatic rings. The number of halogens is 2. The van der Waals surface area contributed by atoms with E-state index in [9.17, 15) is 18.4 Å². The lowest BCUT2D eigenvalue weighted by atomic mass is 9.96. The van der Waals surface area contributed by atoms with Gasteiger partial charge in [-0.15, -0.1) is 0 Å². The Bertz CT molecular complexity index is 624. The highest BCUT2D eigenvalue weighted by molar-refractivity contribution is 5.96. The number of amides is 2. The average molecular weight is 323 g/mol. The molecule has 1 aromatic carbocycles. The number of likely N-dealkylation sites (tertiary alicyclic amines) is 1. The zero-order valence-corrected chi connectivity index (χ0v) is 13.0. The number of benzene rings is 1. The zero-order chi connectivity index (χ0) is 16.6. The molecule has 0 aliphatic carbocycles. The minimum atomic E-state index is -1.04. The highest BCUT2D eigenvalue weighted by Crippen LogP contribution is 2.22. The van der Waals surface area contributed by atoms with Crippen LogP contribution in [0.25, 0.3) is 0 Å². The van der Waals surface area contributed by atoms with Crippen molar-refractivity contribution in [3.63, 3.8) is 0 Å². The van der Waals surface area contributed by atoms with Gasteiger partial charge in [0.05, 0.1) is 5.92 Å². The SMILES string of the molecule is CN1CCN(C(=O)C2CN(C(=O)c3ccc(F)c(F)c3)C2)CC1. The molecule has 2 fully saturated rings. The number of rotatable bonds is 2. The van der Waals surface area contributed by atoms with Crippen LogP contribution < -0.4 is 0 Å². The van der Waals surface area contributed by atoms with E-state index in [0.717, 1.165) is 25.2 Å². The molecule has 2 amide bonds. The molecule has 0 N–H and O–H groups in total. The predicted octanol–water partition coefficient (Wildman–Crippen LogP) is 0.811. The standard InChI is InChI=1S/C16H19F2N3O2/c1-19-4-6-20(7-5-19)16(23)12-9-21(10-12)15(22)11-2-3-13(17)14(18)8-11/h2-3,8,12H,4-7,9-10H2,1H3. The van der Waals surface area contributed by atoms with Gasteiger partial charge in [-0.05, 0) is 25.2 Å². The van der Waals surface area contributed by atoms with Crippen molar-refractivity contribution in [2.24, 2.45) is 5.92 Å². The molecule has 0 spiro atoms. The summed E-state index contributed by atoms with van der Waals surface area (Å²) < 4.78 is 26.1. The summed E-state index contributed by atoms with van der Waals surface area (Å²) >= 11 is 0. The topological polar surface area (TPSA) is 43.9 Å². The van der Waals surface area contributed by atoms with E-state index in [4.69, 9.17) is 0 Å². The molecule has 0 aromatic heterocycles. The molecule has 1 aromatic rings. The second-order valence-corrected chi connectivity index (χ2v) is 6.16. The van der Waals surface area contributed by atoms with Crippen molar-refractivity contribution >= 4 is 11.8 Å². The summed E-state index contributed by atoms with van der Waals surface area (Å²) in [6.45, 7) is 3.81. The molecular weight excluding hydrogens is 304 g/mol. The van der Waals surface area contributed by atoms with Crippen molar-refractivity contribution < 1.29 is 18.4 Å². The summed E-state index contributed by atoms with van der Waals surface area (Å²) in [4.78, 5) is 30.0. The summed E-state index contributed by atoms with van der Waals surface area (Å²) in [7, 11) is 2.02. The van der Waals surface area contributed by atoms with Crippen molar-refractivity contribution in [3.05, 3.63) is 35.4 Å². The zero-order valence-electron chi connectivity index (χ0n) is 13.0. The molecule has 5 nitrogen and oxygen atoms in total. The van der Waals surface area contributed by atoms with E-state index in [1.807, 2.05) is 11.9 Å². The first kappa shape index (κ1) is 15.9. The van der Waals surface area contributed by atoms with Gasteiger partial charge in [-0.2, -0.15) is 0 Å².